The van der Waals surface area contributed by atoms with Gasteiger partial charge in [0, 0.05) is 0 Å². The van der Waals surface area contributed by atoms with Gasteiger partial charge in [0.05, 0.1) is 6.61 Å². The Morgan fingerprint density at radius 1 is 0.652 bits per heavy atom. The van der Waals surface area contributed by atoms with Crippen LogP contribution in [0.15, 0.2) is 0 Å². The quantitative estimate of drug-likeness (QED) is 0.298. The first kappa shape index (κ1) is 24.5. The van der Waals surface area contributed by atoms with E-state index in [0.717, 1.165) is 12.8 Å². The van der Waals surface area contributed by atoms with Crippen molar-refractivity contribution in [2.24, 2.45) is 5.73 Å². The number of unbranched alkanes of at least 4 members (excludes halogenated alkanes) is 15. The highest BCUT2D eigenvalue weighted by molar-refractivity contribution is 5.64. The molecule has 0 saturated carbocycles. The number of hydrogen-bond donors (Lipinski definition) is 2. The number of carbonyl (C=O) groups is 1. The molecule has 0 aromatic rings. The third-order valence-electron chi connectivity index (χ3n) is 4.24. The van der Waals surface area contributed by atoms with Gasteiger partial charge >= 0.3 is 6.09 Å². The Labute approximate surface area is 144 Å². The fourth-order valence-electron chi connectivity index (χ4n) is 2.82. The minimum absolute atomic E-state index is 0. The van der Waals surface area contributed by atoms with Crippen molar-refractivity contribution < 1.29 is 9.53 Å². The normalized spacial score (nSPS) is 10.3. The van der Waals surface area contributed by atoms with Crippen LogP contribution >= 0.6 is 0 Å². The van der Waals surface area contributed by atoms with Crippen LogP contribution in [0.25, 0.3) is 0 Å². The largest absolute Gasteiger partial charge is 0.450 e. The second-order valence-corrected chi connectivity index (χ2v) is 6.47. The predicted molar refractivity (Wildman–Crippen MR) is 100 cm³/mol. The molecule has 0 aliphatic carbocycles. The van der Waals surface area contributed by atoms with Crippen LogP contribution in [0.4, 0.5) is 4.79 Å². The number of amides is 1. The summed E-state index contributed by atoms with van der Waals surface area (Å²) < 4.78 is 4.70. The minimum atomic E-state index is -0.652. The van der Waals surface area contributed by atoms with Gasteiger partial charge in [0.25, 0.3) is 0 Å². The van der Waals surface area contributed by atoms with Gasteiger partial charge in [-0.05, 0) is 6.42 Å². The molecule has 0 aromatic carbocycles. The van der Waals surface area contributed by atoms with Crippen LogP contribution in [0.3, 0.4) is 0 Å². The number of carbonyl (C=O) groups excluding carboxylic acids is 1. The molecule has 4 heteroatoms. The van der Waals surface area contributed by atoms with Crippen molar-refractivity contribution >= 4 is 6.09 Å². The predicted octanol–water partition coefficient (Wildman–Crippen LogP) is 6.51. The molecule has 0 unspecified atom stereocenters. The van der Waals surface area contributed by atoms with Gasteiger partial charge in [-0.3, -0.25) is 0 Å². The maximum Gasteiger partial charge on any atom is 0.404 e. The van der Waals surface area contributed by atoms with Crippen LogP contribution in [-0.4, -0.2) is 12.7 Å². The fourth-order valence-corrected chi connectivity index (χ4v) is 2.82. The molecule has 23 heavy (non-hydrogen) atoms. The number of primary amides is 1. The fraction of sp³-hybridized carbons (Fsp3) is 0.947. The van der Waals surface area contributed by atoms with Crippen molar-refractivity contribution in [3.05, 3.63) is 0 Å². The SMILES string of the molecule is CCCCCCCCCCCCCCCCCCOC(N)=O.N. The average Bonchev–Trinajstić information content (AvgIpc) is 2.50. The summed E-state index contributed by atoms with van der Waals surface area (Å²) in [5, 5.41) is 0. The standard InChI is InChI=1S/C19H39NO2.H3N/c1-2-3-4-5-6-7-8-9-10-11-12-13-14-15-16-17-18-22-19(20)21;/h2-18H2,1H3,(H2,20,21);1H3. The van der Waals surface area contributed by atoms with E-state index in [4.69, 9.17) is 10.5 Å². The molecule has 0 bridgehead atoms. The Morgan fingerprint density at radius 3 is 1.26 bits per heavy atom. The van der Waals surface area contributed by atoms with E-state index in [2.05, 4.69) is 6.92 Å². The van der Waals surface area contributed by atoms with Crippen LogP contribution in [0, 0.1) is 0 Å². The molecule has 0 aliphatic heterocycles. The lowest BCUT2D eigenvalue weighted by Gasteiger charge is -2.04. The first-order chi connectivity index (χ1) is 10.8. The number of ether oxygens (including phenoxy) is 1. The van der Waals surface area contributed by atoms with Crippen molar-refractivity contribution in [2.45, 2.75) is 110 Å². The summed E-state index contributed by atoms with van der Waals surface area (Å²) in [5.74, 6) is 0. The second-order valence-electron chi connectivity index (χ2n) is 6.47. The number of nitrogens with two attached hydrogens (primary N) is 1. The lowest BCUT2D eigenvalue weighted by atomic mass is 10.0. The molecular formula is C19H42N2O2. The zero-order chi connectivity index (χ0) is 16.3. The van der Waals surface area contributed by atoms with E-state index in [1.807, 2.05) is 0 Å². The molecule has 0 heterocycles. The zero-order valence-electron chi connectivity index (χ0n) is 15.6. The molecule has 1 amide bonds. The highest BCUT2D eigenvalue weighted by Gasteiger charge is 1.96. The molecule has 4 nitrogen and oxygen atoms in total. The summed E-state index contributed by atoms with van der Waals surface area (Å²) in [6.45, 7) is 2.76. The maximum absolute atomic E-state index is 10.4. The summed E-state index contributed by atoms with van der Waals surface area (Å²) in [6, 6.07) is 0. The third-order valence-corrected chi connectivity index (χ3v) is 4.24. The van der Waals surface area contributed by atoms with Crippen molar-refractivity contribution in [3.8, 4) is 0 Å². The van der Waals surface area contributed by atoms with Crippen LogP contribution in [0.1, 0.15) is 110 Å². The molecule has 0 aromatic heterocycles. The molecule has 0 atom stereocenters. The second kappa shape index (κ2) is 21.2. The Morgan fingerprint density at radius 2 is 0.957 bits per heavy atom. The van der Waals surface area contributed by atoms with Gasteiger partial charge in [0.15, 0.2) is 0 Å². The lowest BCUT2D eigenvalue weighted by Crippen LogP contribution is -2.13. The smallest absolute Gasteiger partial charge is 0.404 e. The van der Waals surface area contributed by atoms with Gasteiger partial charge in [0.1, 0.15) is 0 Å². The van der Waals surface area contributed by atoms with E-state index in [1.54, 1.807) is 0 Å². The van der Waals surface area contributed by atoms with Gasteiger partial charge in [-0.2, -0.15) is 0 Å². The van der Waals surface area contributed by atoms with E-state index >= 15 is 0 Å². The zero-order valence-corrected chi connectivity index (χ0v) is 15.6. The molecule has 0 rings (SSSR count). The van der Waals surface area contributed by atoms with E-state index in [-0.39, 0.29) is 6.15 Å². The summed E-state index contributed by atoms with van der Waals surface area (Å²) in [6.07, 6.45) is 21.0. The van der Waals surface area contributed by atoms with Crippen molar-refractivity contribution in [1.29, 1.82) is 0 Å². The Bertz CT molecular complexity index is 235. The van der Waals surface area contributed by atoms with Gasteiger partial charge in [-0.25, -0.2) is 4.79 Å². The van der Waals surface area contributed by atoms with Gasteiger partial charge in [-0.15, -0.1) is 0 Å². The van der Waals surface area contributed by atoms with Crippen LogP contribution < -0.4 is 11.9 Å². The van der Waals surface area contributed by atoms with Crippen molar-refractivity contribution in [2.75, 3.05) is 6.61 Å². The molecular weight excluding hydrogens is 288 g/mol. The van der Waals surface area contributed by atoms with Crippen LogP contribution in [-0.2, 0) is 4.74 Å². The number of rotatable bonds is 17. The molecule has 0 aliphatic rings. The summed E-state index contributed by atoms with van der Waals surface area (Å²) in [5.41, 5.74) is 4.90. The molecule has 5 N–H and O–H groups in total. The highest BCUT2D eigenvalue weighted by atomic mass is 16.5. The van der Waals surface area contributed by atoms with E-state index in [9.17, 15) is 4.79 Å². The third kappa shape index (κ3) is 23.6. The van der Waals surface area contributed by atoms with Crippen molar-refractivity contribution in [3.63, 3.8) is 0 Å². The monoisotopic (exact) mass is 330 g/mol. The first-order valence-electron chi connectivity index (χ1n) is 9.69. The van der Waals surface area contributed by atoms with E-state index in [1.165, 1.54) is 89.9 Å². The lowest BCUT2D eigenvalue weighted by molar-refractivity contribution is 0.154. The van der Waals surface area contributed by atoms with Crippen LogP contribution in [0.2, 0.25) is 0 Å². The minimum Gasteiger partial charge on any atom is -0.450 e. The highest BCUT2D eigenvalue weighted by Crippen LogP contribution is 2.13. The van der Waals surface area contributed by atoms with Gasteiger partial charge in [0.2, 0.25) is 0 Å². The van der Waals surface area contributed by atoms with E-state index in [0.29, 0.717) is 6.61 Å². The molecule has 0 saturated heterocycles. The Hall–Kier alpha value is -0.770. The van der Waals surface area contributed by atoms with Gasteiger partial charge < -0.3 is 16.6 Å². The maximum atomic E-state index is 10.4. The molecule has 0 fully saturated rings. The summed E-state index contributed by atoms with van der Waals surface area (Å²) >= 11 is 0. The van der Waals surface area contributed by atoms with Gasteiger partial charge in [-0.1, -0.05) is 103 Å². The van der Waals surface area contributed by atoms with E-state index < -0.39 is 6.09 Å². The molecule has 0 spiro atoms. The Kier molecular flexibility index (Phi) is 22.6. The summed E-state index contributed by atoms with van der Waals surface area (Å²) in [4.78, 5) is 10.4. The average molecular weight is 331 g/mol. The van der Waals surface area contributed by atoms with Crippen LogP contribution in [0.5, 0.6) is 0 Å². The first-order valence-corrected chi connectivity index (χ1v) is 9.69. The van der Waals surface area contributed by atoms with Crippen molar-refractivity contribution in [1.82, 2.24) is 6.15 Å². The topological polar surface area (TPSA) is 87.3 Å². The summed E-state index contributed by atoms with van der Waals surface area (Å²) in [7, 11) is 0. The molecule has 0 radical (unpaired) electrons. The molecule has 140 valence electrons. The Balaban J connectivity index is 0. The number of hydrogen-bond acceptors (Lipinski definition) is 3.